The van der Waals surface area contributed by atoms with Gasteiger partial charge in [-0.25, -0.2) is 0 Å². The lowest BCUT2D eigenvalue weighted by atomic mass is 10.00. The molecule has 1 aromatic carbocycles. The van der Waals surface area contributed by atoms with Gasteiger partial charge in [0.15, 0.2) is 0 Å². The summed E-state index contributed by atoms with van der Waals surface area (Å²) in [5.41, 5.74) is 6.24. The summed E-state index contributed by atoms with van der Waals surface area (Å²) in [5, 5.41) is 12.1. The molecule has 18 heavy (non-hydrogen) atoms. The van der Waals surface area contributed by atoms with Gasteiger partial charge in [-0.15, -0.1) is 0 Å². The average Bonchev–Trinajstić information content (AvgIpc) is 2.26. The van der Waals surface area contributed by atoms with Gasteiger partial charge in [0.1, 0.15) is 6.07 Å². The zero-order valence-electron chi connectivity index (χ0n) is 10.5. The van der Waals surface area contributed by atoms with Crippen molar-refractivity contribution in [1.82, 2.24) is 0 Å². The summed E-state index contributed by atoms with van der Waals surface area (Å²) in [6.07, 6.45) is 0.877. The number of carbonyl (C=O) groups excluding carboxylic acids is 1. The molecule has 0 atom stereocenters. The Morgan fingerprint density at radius 3 is 2.78 bits per heavy atom. The first-order valence-electron chi connectivity index (χ1n) is 5.60. The summed E-state index contributed by atoms with van der Waals surface area (Å²) < 4.78 is 0. The number of rotatable bonds is 4. The summed E-state index contributed by atoms with van der Waals surface area (Å²) in [4.78, 5) is 11.7. The van der Waals surface area contributed by atoms with Crippen LogP contribution in [0.5, 0.6) is 0 Å². The van der Waals surface area contributed by atoms with Crippen LogP contribution in [-0.4, -0.2) is 11.4 Å². The molecule has 0 radical (unpaired) electrons. The molecule has 4 nitrogen and oxygen atoms in total. The standard InChI is InChI=1S/C13H16ClN3O/c1-13(2,16)6-5-12(18)17-11-7-10(14)4-3-9(11)8-15/h3-4,7H,5-6,16H2,1-2H3,(H,17,18). The van der Waals surface area contributed by atoms with Gasteiger partial charge in [-0.05, 0) is 38.5 Å². The van der Waals surface area contributed by atoms with Gasteiger partial charge in [-0.3, -0.25) is 4.79 Å². The third kappa shape index (κ3) is 4.74. The average molecular weight is 266 g/mol. The smallest absolute Gasteiger partial charge is 0.224 e. The van der Waals surface area contributed by atoms with Crippen molar-refractivity contribution in [2.75, 3.05) is 5.32 Å². The van der Waals surface area contributed by atoms with Gasteiger partial charge in [0.05, 0.1) is 11.3 Å². The summed E-state index contributed by atoms with van der Waals surface area (Å²) in [5.74, 6) is -0.174. The van der Waals surface area contributed by atoms with Gasteiger partial charge < -0.3 is 11.1 Å². The monoisotopic (exact) mass is 265 g/mol. The Hall–Kier alpha value is -1.57. The summed E-state index contributed by atoms with van der Waals surface area (Å²) >= 11 is 5.83. The molecule has 1 rings (SSSR count). The number of halogens is 1. The highest BCUT2D eigenvalue weighted by Crippen LogP contribution is 2.21. The SMILES string of the molecule is CC(C)(N)CCC(=O)Nc1cc(Cl)ccc1C#N. The van der Waals surface area contributed by atoms with Crippen LogP contribution >= 0.6 is 11.6 Å². The fourth-order valence-corrected chi connectivity index (χ4v) is 1.54. The molecule has 0 aliphatic heterocycles. The molecule has 0 aliphatic rings. The van der Waals surface area contributed by atoms with Crippen molar-refractivity contribution in [2.45, 2.75) is 32.2 Å². The van der Waals surface area contributed by atoms with Crippen molar-refractivity contribution in [3.8, 4) is 6.07 Å². The molecule has 5 heteroatoms. The van der Waals surface area contributed by atoms with Gasteiger partial charge in [0, 0.05) is 17.0 Å². The molecule has 0 aromatic heterocycles. The van der Waals surface area contributed by atoms with Crippen molar-refractivity contribution in [2.24, 2.45) is 5.73 Å². The highest BCUT2D eigenvalue weighted by atomic mass is 35.5. The first kappa shape index (κ1) is 14.5. The number of nitrogens with zero attached hydrogens (tertiary/aromatic N) is 1. The zero-order chi connectivity index (χ0) is 13.8. The molecule has 0 unspecified atom stereocenters. The van der Waals surface area contributed by atoms with E-state index in [0.29, 0.717) is 29.1 Å². The van der Waals surface area contributed by atoms with Crippen molar-refractivity contribution in [1.29, 1.82) is 5.26 Å². The minimum Gasteiger partial charge on any atom is -0.326 e. The van der Waals surface area contributed by atoms with Gasteiger partial charge in [-0.2, -0.15) is 5.26 Å². The van der Waals surface area contributed by atoms with Crippen molar-refractivity contribution >= 4 is 23.2 Å². The first-order valence-corrected chi connectivity index (χ1v) is 5.98. The van der Waals surface area contributed by atoms with E-state index < -0.39 is 0 Å². The Morgan fingerprint density at radius 2 is 2.22 bits per heavy atom. The van der Waals surface area contributed by atoms with Crippen LogP contribution in [0.4, 0.5) is 5.69 Å². The van der Waals surface area contributed by atoms with E-state index in [0.717, 1.165) is 0 Å². The molecule has 0 saturated carbocycles. The minimum atomic E-state index is -0.385. The highest BCUT2D eigenvalue weighted by Gasteiger charge is 2.14. The number of amides is 1. The quantitative estimate of drug-likeness (QED) is 0.878. The molecule has 0 saturated heterocycles. The van der Waals surface area contributed by atoms with Gasteiger partial charge >= 0.3 is 0 Å². The first-order chi connectivity index (χ1) is 8.31. The molecule has 1 amide bonds. The van der Waals surface area contributed by atoms with E-state index in [2.05, 4.69) is 5.32 Å². The van der Waals surface area contributed by atoms with Crippen LogP contribution < -0.4 is 11.1 Å². The molecule has 0 heterocycles. The third-order valence-corrected chi connectivity index (χ3v) is 2.61. The molecule has 3 N–H and O–H groups in total. The second-order valence-corrected chi connectivity index (χ2v) is 5.27. The van der Waals surface area contributed by atoms with Gasteiger partial charge in [0.25, 0.3) is 0 Å². The van der Waals surface area contributed by atoms with Crippen LogP contribution in [0.2, 0.25) is 5.02 Å². The number of nitrogens with two attached hydrogens (primary N) is 1. The Morgan fingerprint density at radius 1 is 1.56 bits per heavy atom. The lowest BCUT2D eigenvalue weighted by Gasteiger charge is -2.17. The maximum absolute atomic E-state index is 11.7. The predicted octanol–water partition coefficient (Wildman–Crippen LogP) is 2.67. The molecule has 0 spiro atoms. The van der Waals surface area contributed by atoms with E-state index in [1.165, 1.54) is 0 Å². The Labute approximate surface area is 112 Å². The van der Waals surface area contributed by atoms with Crippen LogP contribution in [0.15, 0.2) is 18.2 Å². The molecule has 0 aliphatic carbocycles. The predicted molar refractivity (Wildman–Crippen MR) is 72.3 cm³/mol. The number of nitriles is 1. The number of anilines is 1. The lowest BCUT2D eigenvalue weighted by molar-refractivity contribution is -0.116. The van der Waals surface area contributed by atoms with Crippen molar-refractivity contribution in [3.63, 3.8) is 0 Å². The van der Waals surface area contributed by atoms with E-state index in [1.807, 2.05) is 19.9 Å². The second-order valence-electron chi connectivity index (χ2n) is 4.84. The Bertz CT molecular complexity index is 486. The summed E-state index contributed by atoms with van der Waals surface area (Å²) in [7, 11) is 0. The van der Waals surface area contributed by atoms with Crippen LogP contribution in [0, 0.1) is 11.3 Å². The van der Waals surface area contributed by atoms with E-state index in [-0.39, 0.29) is 11.4 Å². The second kappa shape index (κ2) is 5.85. The van der Waals surface area contributed by atoms with Crippen molar-refractivity contribution in [3.05, 3.63) is 28.8 Å². The van der Waals surface area contributed by atoms with Gasteiger partial charge in [-0.1, -0.05) is 11.6 Å². The van der Waals surface area contributed by atoms with E-state index in [1.54, 1.807) is 18.2 Å². The lowest BCUT2D eigenvalue weighted by Crippen LogP contribution is -2.33. The largest absolute Gasteiger partial charge is 0.326 e. The van der Waals surface area contributed by atoms with E-state index >= 15 is 0 Å². The highest BCUT2D eigenvalue weighted by molar-refractivity contribution is 6.31. The maximum Gasteiger partial charge on any atom is 0.224 e. The van der Waals surface area contributed by atoms with Crippen LogP contribution in [0.1, 0.15) is 32.3 Å². The number of hydrogen-bond acceptors (Lipinski definition) is 3. The third-order valence-electron chi connectivity index (χ3n) is 2.37. The molecular formula is C13H16ClN3O. The molecule has 0 fully saturated rings. The van der Waals surface area contributed by atoms with E-state index in [9.17, 15) is 4.79 Å². The molecule has 96 valence electrons. The zero-order valence-corrected chi connectivity index (χ0v) is 11.2. The van der Waals surface area contributed by atoms with E-state index in [4.69, 9.17) is 22.6 Å². The number of nitrogens with one attached hydrogen (secondary N) is 1. The summed E-state index contributed by atoms with van der Waals surface area (Å²) in [6.45, 7) is 3.72. The number of carbonyl (C=O) groups is 1. The van der Waals surface area contributed by atoms with Crippen LogP contribution in [0.25, 0.3) is 0 Å². The molecular weight excluding hydrogens is 250 g/mol. The van der Waals surface area contributed by atoms with Crippen LogP contribution in [-0.2, 0) is 4.79 Å². The number of benzene rings is 1. The topological polar surface area (TPSA) is 78.9 Å². The summed E-state index contributed by atoms with van der Waals surface area (Å²) in [6, 6.07) is 6.75. The number of hydrogen-bond donors (Lipinski definition) is 2. The minimum absolute atomic E-state index is 0.174. The molecule has 0 bridgehead atoms. The van der Waals surface area contributed by atoms with Gasteiger partial charge in [0.2, 0.25) is 5.91 Å². The van der Waals surface area contributed by atoms with Crippen molar-refractivity contribution < 1.29 is 4.79 Å². The normalized spacial score (nSPS) is 10.8. The fraction of sp³-hybridized carbons (Fsp3) is 0.385. The molecule has 1 aromatic rings. The van der Waals surface area contributed by atoms with Crippen LogP contribution in [0.3, 0.4) is 0 Å². The maximum atomic E-state index is 11.7. The Kier molecular flexibility index (Phi) is 4.71. The fourth-order valence-electron chi connectivity index (χ4n) is 1.37. The Balaban J connectivity index is 2.70.